The summed E-state index contributed by atoms with van der Waals surface area (Å²) in [4.78, 5) is 25.2. The first kappa shape index (κ1) is 36.0. The van der Waals surface area contributed by atoms with Crippen molar-refractivity contribution in [3.8, 4) is 78.5 Å². The average Bonchev–Trinajstić information content (AvgIpc) is 3.34. The van der Waals surface area contributed by atoms with Gasteiger partial charge in [-0.1, -0.05) is 158 Å². The number of para-hydroxylation sites is 1. The van der Waals surface area contributed by atoms with Gasteiger partial charge < -0.3 is 0 Å². The van der Waals surface area contributed by atoms with Crippen LogP contribution in [0.15, 0.2) is 206 Å². The minimum atomic E-state index is 0.666. The first-order valence-corrected chi connectivity index (χ1v) is 20.5. The molecule has 0 radical (unpaired) electrons. The van der Waals surface area contributed by atoms with Crippen molar-refractivity contribution in [2.75, 3.05) is 0 Å². The molecule has 5 heteroatoms. The molecule has 0 aliphatic rings. The molecule has 286 valence electrons. The van der Waals surface area contributed by atoms with E-state index in [-0.39, 0.29) is 0 Å². The Kier molecular flexibility index (Phi) is 8.98. The van der Waals surface area contributed by atoms with Crippen LogP contribution in [0.3, 0.4) is 0 Å². The Hall–Kier alpha value is -8.15. The van der Waals surface area contributed by atoms with Crippen LogP contribution >= 0.6 is 0 Å². The molecule has 0 fully saturated rings. The van der Waals surface area contributed by atoms with Gasteiger partial charge in [0.15, 0.2) is 5.82 Å². The highest BCUT2D eigenvalue weighted by molar-refractivity contribution is 6.09. The Balaban J connectivity index is 0.979. The van der Waals surface area contributed by atoms with Gasteiger partial charge in [0.1, 0.15) is 0 Å². The standard InChI is InChI=1S/C56H37N5/c1-36-22-23-41-28-29-48-49(38-12-4-2-5-13-38)34-51(59-55(48)54(41)58-36)40-26-24-37(25-27-40)42-16-10-19-45(32-42)56-60-52(39-14-6-3-7-15-39)35-53(61-56)44-18-11-17-43(33-44)46-30-31-57-50-21-9-8-20-47(46)50/h2-35H,1H3. The molecule has 5 nitrogen and oxygen atoms in total. The third-order valence-corrected chi connectivity index (χ3v) is 11.4. The summed E-state index contributed by atoms with van der Waals surface area (Å²) in [7, 11) is 0. The Labute approximate surface area is 353 Å². The van der Waals surface area contributed by atoms with Crippen LogP contribution in [0.5, 0.6) is 0 Å². The van der Waals surface area contributed by atoms with Crippen LogP contribution in [-0.4, -0.2) is 24.9 Å². The van der Waals surface area contributed by atoms with E-state index < -0.39 is 0 Å². The molecule has 4 heterocycles. The molecule has 0 saturated carbocycles. The van der Waals surface area contributed by atoms with Gasteiger partial charge in [-0.2, -0.15) is 0 Å². The summed E-state index contributed by atoms with van der Waals surface area (Å²) in [5.74, 6) is 0.666. The molecule has 11 rings (SSSR count). The summed E-state index contributed by atoms with van der Waals surface area (Å²) < 4.78 is 0. The Morgan fingerprint density at radius 2 is 0.934 bits per heavy atom. The van der Waals surface area contributed by atoms with Crippen molar-refractivity contribution in [3.63, 3.8) is 0 Å². The number of nitrogens with zero attached hydrogens (tertiary/aromatic N) is 5. The van der Waals surface area contributed by atoms with Gasteiger partial charge in [0, 0.05) is 50.3 Å². The Bertz CT molecular complexity index is 3410. The molecule has 0 aliphatic carbocycles. The summed E-state index contributed by atoms with van der Waals surface area (Å²) in [5.41, 5.74) is 17.1. The van der Waals surface area contributed by atoms with E-state index in [9.17, 15) is 0 Å². The number of rotatable bonds is 7. The predicted octanol–water partition coefficient (Wildman–Crippen LogP) is 14.1. The van der Waals surface area contributed by atoms with E-state index in [0.29, 0.717) is 5.82 Å². The lowest BCUT2D eigenvalue weighted by Crippen LogP contribution is -1.96. The molecular weight excluding hydrogens is 743 g/mol. The molecule has 0 aliphatic heterocycles. The lowest BCUT2D eigenvalue weighted by molar-refractivity contribution is 1.18. The van der Waals surface area contributed by atoms with Crippen molar-refractivity contribution in [3.05, 3.63) is 212 Å². The first-order chi connectivity index (χ1) is 30.1. The van der Waals surface area contributed by atoms with Crippen LogP contribution in [-0.2, 0) is 0 Å². The normalized spacial score (nSPS) is 11.4. The molecule has 11 aromatic rings. The zero-order valence-corrected chi connectivity index (χ0v) is 33.4. The number of hydrogen-bond acceptors (Lipinski definition) is 5. The molecular formula is C56H37N5. The van der Waals surface area contributed by atoms with Gasteiger partial charge in [-0.25, -0.2) is 15.0 Å². The lowest BCUT2D eigenvalue weighted by atomic mass is 9.96. The molecule has 0 saturated heterocycles. The van der Waals surface area contributed by atoms with E-state index in [1.807, 2.05) is 37.4 Å². The fourth-order valence-corrected chi connectivity index (χ4v) is 8.32. The molecule has 7 aromatic carbocycles. The van der Waals surface area contributed by atoms with Gasteiger partial charge in [-0.05, 0) is 82.8 Å². The van der Waals surface area contributed by atoms with Gasteiger partial charge >= 0.3 is 0 Å². The third-order valence-electron chi connectivity index (χ3n) is 11.4. The first-order valence-electron chi connectivity index (χ1n) is 20.5. The van der Waals surface area contributed by atoms with Crippen LogP contribution in [0.25, 0.3) is 111 Å². The van der Waals surface area contributed by atoms with Crippen LogP contribution < -0.4 is 0 Å². The number of aryl methyl sites for hydroxylation is 1. The Morgan fingerprint density at radius 1 is 0.328 bits per heavy atom. The van der Waals surface area contributed by atoms with Gasteiger partial charge in [0.05, 0.1) is 33.6 Å². The average molecular weight is 780 g/mol. The van der Waals surface area contributed by atoms with Crippen LogP contribution in [0.2, 0.25) is 0 Å². The molecule has 0 amide bonds. The van der Waals surface area contributed by atoms with Gasteiger partial charge in [0.2, 0.25) is 0 Å². The second-order valence-corrected chi connectivity index (χ2v) is 15.3. The number of hydrogen-bond donors (Lipinski definition) is 0. The Morgan fingerprint density at radius 3 is 1.75 bits per heavy atom. The molecule has 0 bridgehead atoms. The summed E-state index contributed by atoms with van der Waals surface area (Å²) in [6, 6.07) is 69.8. The van der Waals surface area contributed by atoms with E-state index in [1.54, 1.807) is 0 Å². The fraction of sp³-hybridized carbons (Fsp3) is 0.0179. The summed E-state index contributed by atoms with van der Waals surface area (Å²) >= 11 is 0. The fourth-order valence-electron chi connectivity index (χ4n) is 8.32. The van der Waals surface area contributed by atoms with Gasteiger partial charge in [-0.3, -0.25) is 9.97 Å². The van der Waals surface area contributed by atoms with Crippen molar-refractivity contribution in [1.29, 1.82) is 0 Å². The summed E-state index contributed by atoms with van der Waals surface area (Å²) in [6.07, 6.45) is 1.88. The van der Waals surface area contributed by atoms with E-state index in [2.05, 4.69) is 181 Å². The number of fused-ring (bicyclic) bond motifs is 4. The predicted molar refractivity (Wildman–Crippen MR) is 251 cm³/mol. The highest BCUT2D eigenvalue weighted by Crippen LogP contribution is 2.37. The van der Waals surface area contributed by atoms with Crippen molar-refractivity contribution in [2.24, 2.45) is 0 Å². The van der Waals surface area contributed by atoms with E-state index in [1.165, 1.54) is 0 Å². The summed E-state index contributed by atoms with van der Waals surface area (Å²) in [6.45, 7) is 2.03. The largest absolute Gasteiger partial charge is 0.256 e. The zero-order valence-electron chi connectivity index (χ0n) is 33.4. The molecule has 0 atom stereocenters. The topological polar surface area (TPSA) is 64.5 Å². The van der Waals surface area contributed by atoms with Gasteiger partial charge in [0.25, 0.3) is 0 Å². The SMILES string of the molecule is Cc1ccc2ccc3c(-c4ccccc4)cc(-c4ccc(-c5cccc(-c6nc(-c7ccccc7)cc(-c7cccc(-c8ccnc9ccccc89)c7)n6)c5)cc4)nc3c2n1. The zero-order chi connectivity index (χ0) is 40.7. The second-order valence-electron chi connectivity index (χ2n) is 15.3. The lowest BCUT2D eigenvalue weighted by Gasteiger charge is -2.13. The molecule has 0 spiro atoms. The smallest absolute Gasteiger partial charge is 0.160 e. The molecule has 4 aromatic heterocycles. The van der Waals surface area contributed by atoms with Crippen LogP contribution in [0.1, 0.15) is 5.69 Å². The highest BCUT2D eigenvalue weighted by Gasteiger charge is 2.16. The molecule has 0 N–H and O–H groups in total. The maximum atomic E-state index is 5.28. The monoisotopic (exact) mass is 779 g/mol. The maximum absolute atomic E-state index is 5.28. The minimum Gasteiger partial charge on any atom is -0.256 e. The van der Waals surface area contributed by atoms with Crippen molar-refractivity contribution in [1.82, 2.24) is 24.9 Å². The third kappa shape index (κ3) is 6.88. The number of pyridine rings is 3. The van der Waals surface area contributed by atoms with Crippen molar-refractivity contribution in [2.45, 2.75) is 6.92 Å². The van der Waals surface area contributed by atoms with E-state index in [4.69, 9.17) is 19.9 Å². The number of benzene rings is 7. The molecule has 0 unspecified atom stereocenters. The second kappa shape index (κ2) is 15.2. The maximum Gasteiger partial charge on any atom is 0.160 e. The minimum absolute atomic E-state index is 0.666. The highest BCUT2D eigenvalue weighted by atomic mass is 14.9. The van der Waals surface area contributed by atoms with E-state index >= 15 is 0 Å². The van der Waals surface area contributed by atoms with Crippen molar-refractivity contribution < 1.29 is 0 Å². The quantitative estimate of drug-likeness (QED) is 0.151. The van der Waals surface area contributed by atoms with Crippen LogP contribution in [0.4, 0.5) is 0 Å². The van der Waals surface area contributed by atoms with Gasteiger partial charge in [-0.15, -0.1) is 0 Å². The van der Waals surface area contributed by atoms with E-state index in [0.717, 1.165) is 111 Å². The number of aromatic nitrogens is 5. The molecule has 61 heavy (non-hydrogen) atoms. The van der Waals surface area contributed by atoms with Crippen LogP contribution in [0, 0.1) is 6.92 Å². The summed E-state index contributed by atoms with van der Waals surface area (Å²) in [5, 5.41) is 3.28. The van der Waals surface area contributed by atoms with Crippen molar-refractivity contribution >= 4 is 32.7 Å².